The average Bonchev–Trinajstić information content (AvgIpc) is 3.15. The van der Waals surface area contributed by atoms with Crippen molar-refractivity contribution >= 4 is 15.7 Å². The molecule has 8 heteroatoms. The summed E-state index contributed by atoms with van der Waals surface area (Å²) >= 11 is 0. The molecule has 0 heterocycles. The first kappa shape index (κ1) is 16.1. The topological polar surface area (TPSA) is 63.4 Å². The average molecular weight is 322 g/mol. The Balaban J connectivity index is 2.44. The molecule has 118 valence electrons. The molecule has 0 aliphatic heterocycles. The fraction of sp³-hybridized carbons (Fsp3) is 0.538. The van der Waals surface area contributed by atoms with Gasteiger partial charge in [-0.1, -0.05) is 0 Å². The number of alkyl halides is 3. The molecule has 0 atom stereocenters. The second kappa shape index (κ2) is 5.17. The second-order valence-electron chi connectivity index (χ2n) is 5.35. The van der Waals surface area contributed by atoms with Crippen LogP contribution < -0.4 is 5.73 Å². The van der Waals surface area contributed by atoms with Crippen LogP contribution in [0.2, 0.25) is 0 Å². The van der Waals surface area contributed by atoms with Crippen LogP contribution in [0.4, 0.5) is 18.9 Å². The minimum absolute atomic E-state index is 0.181. The van der Waals surface area contributed by atoms with E-state index in [0.29, 0.717) is 22.7 Å². The van der Waals surface area contributed by atoms with Gasteiger partial charge in [-0.3, -0.25) is 0 Å². The molecular formula is C13H17F3N2O2S. The predicted molar refractivity (Wildman–Crippen MR) is 73.3 cm³/mol. The normalized spacial score (nSPS) is 16.5. The predicted octanol–water partition coefficient (Wildman–Crippen LogP) is 2.60. The van der Waals surface area contributed by atoms with Crippen molar-refractivity contribution in [3.05, 3.63) is 23.3 Å². The van der Waals surface area contributed by atoms with E-state index in [1.165, 1.54) is 12.1 Å². The molecule has 1 aromatic carbocycles. The van der Waals surface area contributed by atoms with Crippen LogP contribution in [0.5, 0.6) is 0 Å². The molecule has 1 fully saturated rings. The van der Waals surface area contributed by atoms with Crippen LogP contribution >= 0.6 is 0 Å². The van der Waals surface area contributed by atoms with E-state index in [1.54, 1.807) is 13.8 Å². The highest BCUT2D eigenvalue weighted by Crippen LogP contribution is 2.35. The van der Waals surface area contributed by atoms with Gasteiger partial charge in [0.25, 0.3) is 0 Å². The second-order valence-corrected chi connectivity index (χ2v) is 7.24. The maximum Gasteiger partial charge on any atom is 0.402 e. The molecule has 1 aliphatic rings. The standard InChI is InChI=1S/C13H17F3N2O2S/c1-8-5-11(6-12(17)9(8)2)21(19,20)18(10-3-4-10)7-13(14,15)16/h5-6,10H,3-4,7,17H2,1-2H3. The van der Waals surface area contributed by atoms with E-state index in [2.05, 4.69) is 0 Å². The number of nitrogens with zero attached hydrogens (tertiary/aromatic N) is 1. The summed E-state index contributed by atoms with van der Waals surface area (Å²) in [6, 6.07) is 2.02. The number of benzene rings is 1. The lowest BCUT2D eigenvalue weighted by Gasteiger charge is -2.23. The molecule has 0 unspecified atom stereocenters. The smallest absolute Gasteiger partial charge is 0.398 e. The number of halogens is 3. The largest absolute Gasteiger partial charge is 0.402 e. The Morgan fingerprint density at radius 1 is 1.29 bits per heavy atom. The third-order valence-corrected chi connectivity index (χ3v) is 5.45. The summed E-state index contributed by atoms with van der Waals surface area (Å²) in [5.74, 6) is 0. The van der Waals surface area contributed by atoms with Gasteiger partial charge in [-0.05, 0) is 49.9 Å². The molecule has 2 rings (SSSR count). The summed E-state index contributed by atoms with van der Waals surface area (Å²) in [4.78, 5) is -0.181. The molecular weight excluding hydrogens is 305 g/mol. The summed E-state index contributed by atoms with van der Waals surface area (Å²) in [6.07, 6.45) is -3.66. The van der Waals surface area contributed by atoms with E-state index in [9.17, 15) is 21.6 Å². The lowest BCUT2D eigenvalue weighted by atomic mass is 10.1. The van der Waals surface area contributed by atoms with Gasteiger partial charge in [-0.25, -0.2) is 8.42 Å². The number of sulfonamides is 1. The summed E-state index contributed by atoms with van der Waals surface area (Å²) in [7, 11) is -4.20. The molecule has 0 saturated heterocycles. The van der Waals surface area contributed by atoms with Gasteiger partial charge in [0, 0.05) is 11.7 Å². The van der Waals surface area contributed by atoms with Crippen LogP contribution in [0.25, 0.3) is 0 Å². The van der Waals surface area contributed by atoms with Crippen LogP contribution in [0, 0.1) is 13.8 Å². The molecule has 1 saturated carbocycles. The SMILES string of the molecule is Cc1cc(S(=O)(=O)N(CC(F)(F)F)C2CC2)cc(N)c1C. The number of aryl methyl sites for hydroxylation is 1. The number of hydrogen-bond donors (Lipinski definition) is 1. The molecule has 0 radical (unpaired) electrons. The third kappa shape index (κ3) is 3.49. The lowest BCUT2D eigenvalue weighted by Crippen LogP contribution is -2.40. The first-order valence-electron chi connectivity index (χ1n) is 6.47. The van der Waals surface area contributed by atoms with Gasteiger partial charge in [-0.15, -0.1) is 0 Å². The van der Waals surface area contributed by atoms with Crippen LogP contribution in [0.15, 0.2) is 17.0 Å². The van der Waals surface area contributed by atoms with E-state index in [1.807, 2.05) is 0 Å². The molecule has 21 heavy (non-hydrogen) atoms. The Hall–Kier alpha value is -1.28. The first-order valence-corrected chi connectivity index (χ1v) is 7.91. The van der Waals surface area contributed by atoms with E-state index in [0.717, 1.165) is 5.56 Å². The van der Waals surface area contributed by atoms with Crippen molar-refractivity contribution in [3.63, 3.8) is 0 Å². The summed E-state index contributed by atoms with van der Waals surface area (Å²) in [6.45, 7) is 1.94. The third-order valence-electron chi connectivity index (χ3n) is 3.58. The van der Waals surface area contributed by atoms with Crippen molar-refractivity contribution in [2.45, 2.75) is 43.8 Å². The minimum Gasteiger partial charge on any atom is -0.398 e. The highest BCUT2D eigenvalue weighted by Gasteiger charge is 2.44. The number of anilines is 1. The van der Waals surface area contributed by atoms with Crippen molar-refractivity contribution in [3.8, 4) is 0 Å². The molecule has 0 spiro atoms. The van der Waals surface area contributed by atoms with Gasteiger partial charge in [0.05, 0.1) is 4.90 Å². The maximum atomic E-state index is 12.6. The van der Waals surface area contributed by atoms with E-state index >= 15 is 0 Å². The van der Waals surface area contributed by atoms with Gasteiger partial charge in [0.15, 0.2) is 0 Å². The van der Waals surface area contributed by atoms with Crippen molar-refractivity contribution in [2.75, 3.05) is 12.3 Å². The zero-order valence-corrected chi connectivity index (χ0v) is 12.6. The van der Waals surface area contributed by atoms with Gasteiger partial charge in [-0.2, -0.15) is 17.5 Å². The number of hydrogen-bond acceptors (Lipinski definition) is 3. The Morgan fingerprint density at radius 2 is 1.86 bits per heavy atom. The highest BCUT2D eigenvalue weighted by atomic mass is 32.2. The first-order chi connectivity index (χ1) is 9.52. The summed E-state index contributed by atoms with van der Waals surface area (Å²) < 4.78 is 63.4. The lowest BCUT2D eigenvalue weighted by molar-refractivity contribution is -0.137. The quantitative estimate of drug-likeness (QED) is 0.867. The Morgan fingerprint density at radius 3 is 2.29 bits per heavy atom. The Bertz CT molecular complexity index is 629. The minimum atomic E-state index is -4.57. The summed E-state index contributed by atoms with van der Waals surface area (Å²) in [5.41, 5.74) is 7.35. The molecule has 1 aliphatic carbocycles. The highest BCUT2D eigenvalue weighted by molar-refractivity contribution is 7.89. The molecule has 2 N–H and O–H groups in total. The van der Waals surface area contributed by atoms with Crippen molar-refractivity contribution < 1.29 is 21.6 Å². The number of nitrogens with two attached hydrogens (primary N) is 1. The zero-order chi connectivity index (χ0) is 16.0. The fourth-order valence-electron chi connectivity index (χ4n) is 2.09. The van der Waals surface area contributed by atoms with E-state index in [-0.39, 0.29) is 10.6 Å². The van der Waals surface area contributed by atoms with Crippen molar-refractivity contribution in [1.29, 1.82) is 0 Å². The van der Waals surface area contributed by atoms with E-state index in [4.69, 9.17) is 5.73 Å². The van der Waals surface area contributed by atoms with Crippen molar-refractivity contribution in [2.24, 2.45) is 0 Å². The van der Waals surface area contributed by atoms with Crippen LogP contribution in [-0.2, 0) is 10.0 Å². The van der Waals surface area contributed by atoms with Crippen LogP contribution in [0.3, 0.4) is 0 Å². The summed E-state index contributed by atoms with van der Waals surface area (Å²) in [5, 5.41) is 0. The van der Waals surface area contributed by atoms with Gasteiger partial charge >= 0.3 is 6.18 Å². The molecule has 4 nitrogen and oxygen atoms in total. The Kier molecular flexibility index (Phi) is 3.96. The van der Waals surface area contributed by atoms with Crippen molar-refractivity contribution in [1.82, 2.24) is 4.31 Å². The molecule has 0 amide bonds. The van der Waals surface area contributed by atoms with Gasteiger partial charge in [0.2, 0.25) is 10.0 Å². The molecule has 0 bridgehead atoms. The Labute approximate surface area is 121 Å². The number of nitrogen functional groups attached to an aromatic ring is 1. The maximum absolute atomic E-state index is 12.6. The molecule has 1 aromatic rings. The van der Waals surface area contributed by atoms with Gasteiger partial charge < -0.3 is 5.73 Å². The zero-order valence-electron chi connectivity index (χ0n) is 11.7. The monoisotopic (exact) mass is 322 g/mol. The molecule has 0 aromatic heterocycles. The van der Waals surface area contributed by atoms with Crippen LogP contribution in [-0.4, -0.2) is 31.5 Å². The van der Waals surface area contributed by atoms with Crippen LogP contribution in [0.1, 0.15) is 24.0 Å². The fourth-order valence-corrected chi connectivity index (χ4v) is 3.88. The number of rotatable bonds is 4. The van der Waals surface area contributed by atoms with E-state index < -0.39 is 28.8 Å². The van der Waals surface area contributed by atoms with Gasteiger partial charge in [0.1, 0.15) is 6.54 Å².